The maximum absolute atomic E-state index is 3.34. The molecule has 0 aliphatic rings. The van der Waals surface area contributed by atoms with Crippen LogP contribution in [-0.4, -0.2) is 20.6 Å². The predicted octanol–water partition coefficient (Wildman–Crippen LogP) is 3.84. The highest BCUT2D eigenvalue weighted by Crippen LogP contribution is 2.21. The van der Waals surface area contributed by atoms with Gasteiger partial charge in [0, 0.05) is 25.3 Å². The first-order valence-corrected chi connectivity index (χ1v) is 7.10. The highest BCUT2D eigenvalue weighted by atomic mass is 15.1. The highest BCUT2D eigenvalue weighted by molar-refractivity contribution is 5.47. The maximum atomic E-state index is 3.34. The topological polar surface area (TPSA) is 15.3 Å². The van der Waals surface area contributed by atoms with Crippen LogP contribution in [0.25, 0.3) is 0 Å². The SMILES string of the molecule is CCC(C)CN(C)c1ccc(C(CC)NC)cc1. The lowest BCUT2D eigenvalue weighted by Crippen LogP contribution is -2.23. The zero-order valence-corrected chi connectivity index (χ0v) is 12.5. The summed E-state index contributed by atoms with van der Waals surface area (Å²) in [7, 11) is 4.20. The molecule has 0 saturated carbocycles. The van der Waals surface area contributed by atoms with Crippen molar-refractivity contribution < 1.29 is 0 Å². The van der Waals surface area contributed by atoms with Crippen LogP contribution in [0.3, 0.4) is 0 Å². The molecule has 102 valence electrons. The third-order valence-electron chi connectivity index (χ3n) is 3.78. The second-order valence-electron chi connectivity index (χ2n) is 5.23. The van der Waals surface area contributed by atoms with Gasteiger partial charge >= 0.3 is 0 Å². The number of hydrogen-bond acceptors (Lipinski definition) is 2. The second kappa shape index (κ2) is 7.42. The standard InChI is InChI=1S/C16H28N2/c1-6-13(3)12-18(5)15-10-8-14(9-11-15)16(7-2)17-4/h8-11,13,16-17H,6-7,12H2,1-5H3. The summed E-state index contributed by atoms with van der Waals surface area (Å²) in [5.74, 6) is 0.746. The number of anilines is 1. The van der Waals surface area contributed by atoms with E-state index in [0.29, 0.717) is 6.04 Å². The first-order chi connectivity index (χ1) is 8.62. The van der Waals surface area contributed by atoms with Crippen LogP contribution >= 0.6 is 0 Å². The first kappa shape index (κ1) is 15.0. The van der Waals surface area contributed by atoms with Crippen molar-refractivity contribution in [3.05, 3.63) is 29.8 Å². The zero-order chi connectivity index (χ0) is 13.5. The molecule has 0 radical (unpaired) electrons. The Balaban J connectivity index is 2.70. The van der Waals surface area contributed by atoms with E-state index in [9.17, 15) is 0 Å². The van der Waals surface area contributed by atoms with Gasteiger partial charge in [-0.1, -0.05) is 39.3 Å². The summed E-state index contributed by atoms with van der Waals surface area (Å²) in [6, 6.07) is 9.43. The highest BCUT2D eigenvalue weighted by Gasteiger charge is 2.08. The lowest BCUT2D eigenvalue weighted by molar-refractivity contribution is 0.559. The summed E-state index contributed by atoms with van der Waals surface area (Å²) in [6.07, 6.45) is 2.36. The van der Waals surface area contributed by atoms with Crippen molar-refractivity contribution in [3.63, 3.8) is 0 Å². The molecular weight excluding hydrogens is 220 g/mol. The van der Waals surface area contributed by atoms with Gasteiger partial charge in [0.2, 0.25) is 0 Å². The number of nitrogens with zero attached hydrogens (tertiary/aromatic N) is 1. The normalized spacial score (nSPS) is 14.3. The van der Waals surface area contributed by atoms with Crippen molar-refractivity contribution in [2.75, 3.05) is 25.5 Å². The summed E-state index contributed by atoms with van der Waals surface area (Å²) < 4.78 is 0. The Labute approximate surface area is 112 Å². The molecule has 2 nitrogen and oxygen atoms in total. The lowest BCUT2D eigenvalue weighted by atomic mass is 10.0. The van der Waals surface area contributed by atoms with Crippen LogP contribution in [0.5, 0.6) is 0 Å². The van der Waals surface area contributed by atoms with Gasteiger partial charge in [0.25, 0.3) is 0 Å². The van der Waals surface area contributed by atoms with Crippen LogP contribution in [0.2, 0.25) is 0 Å². The molecule has 1 aromatic rings. The quantitative estimate of drug-likeness (QED) is 0.788. The van der Waals surface area contributed by atoms with E-state index in [1.165, 1.54) is 17.7 Å². The van der Waals surface area contributed by atoms with Gasteiger partial charge in [-0.05, 0) is 37.1 Å². The minimum absolute atomic E-state index is 0.471. The van der Waals surface area contributed by atoms with Crippen molar-refractivity contribution in [2.45, 2.75) is 39.7 Å². The molecule has 0 bridgehead atoms. The van der Waals surface area contributed by atoms with E-state index in [4.69, 9.17) is 0 Å². The van der Waals surface area contributed by atoms with Crippen LogP contribution in [0.1, 0.15) is 45.2 Å². The summed E-state index contributed by atoms with van der Waals surface area (Å²) in [6.45, 7) is 7.89. The van der Waals surface area contributed by atoms with Gasteiger partial charge in [-0.2, -0.15) is 0 Å². The van der Waals surface area contributed by atoms with Gasteiger partial charge in [-0.25, -0.2) is 0 Å². The van der Waals surface area contributed by atoms with Crippen LogP contribution in [0.4, 0.5) is 5.69 Å². The molecule has 0 amide bonds. The molecule has 2 atom stereocenters. The molecule has 2 heteroatoms. The van der Waals surface area contributed by atoms with Gasteiger partial charge < -0.3 is 10.2 Å². The molecule has 0 aliphatic carbocycles. The molecule has 0 saturated heterocycles. The van der Waals surface area contributed by atoms with Crippen molar-refractivity contribution in [2.24, 2.45) is 5.92 Å². The average molecular weight is 248 g/mol. The molecule has 0 fully saturated rings. The third kappa shape index (κ3) is 4.02. The lowest BCUT2D eigenvalue weighted by Gasteiger charge is -2.23. The van der Waals surface area contributed by atoms with Gasteiger partial charge in [0.1, 0.15) is 0 Å². The molecule has 18 heavy (non-hydrogen) atoms. The molecule has 2 unspecified atom stereocenters. The Morgan fingerprint density at radius 2 is 1.72 bits per heavy atom. The average Bonchev–Trinajstić information content (AvgIpc) is 2.40. The van der Waals surface area contributed by atoms with Gasteiger partial charge in [0.05, 0.1) is 0 Å². The molecule has 0 heterocycles. The second-order valence-corrected chi connectivity index (χ2v) is 5.23. The number of benzene rings is 1. The van der Waals surface area contributed by atoms with Gasteiger partial charge in [0.15, 0.2) is 0 Å². The molecule has 1 aromatic carbocycles. The number of rotatable bonds is 7. The fourth-order valence-corrected chi connectivity index (χ4v) is 2.27. The summed E-state index contributed by atoms with van der Waals surface area (Å²) in [5.41, 5.74) is 2.69. The Hall–Kier alpha value is -1.02. The maximum Gasteiger partial charge on any atom is 0.0363 e. The van der Waals surface area contributed by atoms with Crippen LogP contribution in [-0.2, 0) is 0 Å². The van der Waals surface area contributed by atoms with E-state index in [0.717, 1.165) is 18.9 Å². The van der Waals surface area contributed by atoms with E-state index in [1.54, 1.807) is 0 Å². The van der Waals surface area contributed by atoms with E-state index < -0.39 is 0 Å². The summed E-state index contributed by atoms with van der Waals surface area (Å²) in [5, 5.41) is 3.34. The number of nitrogens with one attached hydrogen (secondary N) is 1. The molecule has 0 spiro atoms. The summed E-state index contributed by atoms with van der Waals surface area (Å²) >= 11 is 0. The van der Waals surface area contributed by atoms with Crippen molar-refractivity contribution in [3.8, 4) is 0 Å². The van der Waals surface area contributed by atoms with E-state index in [1.807, 2.05) is 7.05 Å². The third-order valence-corrected chi connectivity index (χ3v) is 3.78. The van der Waals surface area contributed by atoms with Crippen molar-refractivity contribution in [1.82, 2.24) is 5.32 Å². The Morgan fingerprint density at radius 3 is 2.17 bits per heavy atom. The summed E-state index contributed by atoms with van der Waals surface area (Å²) in [4.78, 5) is 2.35. The fraction of sp³-hybridized carbons (Fsp3) is 0.625. The largest absolute Gasteiger partial charge is 0.374 e. The molecule has 1 N–H and O–H groups in total. The molecule has 0 aromatic heterocycles. The molecule has 1 rings (SSSR count). The zero-order valence-electron chi connectivity index (χ0n) is 12.5. The molecular formula is C16H28N2. The Kier molecular flexibility index (Phi) is 6.20. The smallest absolute Gasteiger partial charge is 0.0363 e. The monoisotopic (exact) mass is 248 g/mol. The van der Waals surface area contributed by atoms with Crippen LogP contribution in [0, 0.1) is 5.92 Å². The van der Waals surface area contributed by atoms with Crippen molar-refractivity contribution in [1.29, 1.82) is 0 Å². The minimum Gasteiger partial charge on any atom is -0.374 e. The fourth-order valence-electron chi connectivity index (χ4n) is 2.27. The van der Waals surface area contributed by atoms with Crippen LogP contribution < -0.4 is 10.2 Å². The Morgan fingerprint density at radius 1 is 1.11 bits per heavy atom. The Bertz CT molecular complexity index is 327. The van der Waals surface area contributed by atoms with E-state index in [2.05, 4.69) is 62.3 Å². The van der Waals surface area contributed by atoms with Crippen molar-refractivity contribution >= 4 is 5.69 Å². The predicted molar refractivity (Wildman–Crippen MR) is 81.3 cm³/mol. The molecule has 0 aliphatic heterocycles. The van der Waals surface area contributed by atoms with E-state index in [-0.39, 0.29) is 0 Å². The minimum atomic E-state index is 0.471. The van der Waals surface area contributed by atoms with E-state index >= 15 is 0 Å². The number of hydrogen-bond donors (Lipinski definition) is 1. The van der Waals surface area contributed by atoms with Gasteiger partial charge in [-0.15, -0.1) is 0 Å². The first-order valence-electron chi connectivity index (χ1n) is 7.10. The van der Waals surface area contributed by atoms with Crippen LogP contribution in [0.15, 0.2) is 24.3 Å². The van der Waals surface area contributed by atoms with Gasteiger partial charge in [-0.3, -0.25) is 0 Å².